The number of unbranched alkanes of at least 4 members (excludes halogenated alkanes) is 2. The molecular weight excluding hydrogens is 473 g/mol. The Morgan fingerprint density at radius 2 is 1.83 bits per heavy atom. The summed E-state index contributed by atoms with van der Waals surface area (Å²) in [5, 5.41) is 14.0. The maximum atomic E-state index is 13.1. The number of nitrogens with one attached hydrogen (secondary N) is 2. The van der Waals surface area contributed by atoms with Gasteiger partial charge in [-0.25, -0.2) is 0 Å². The Morgan fingerprint density at radius 1 is 1.06 bits per heavy atom. The molecule has 3 heterocycles. The van der Waals surface area contributed by atoms with E-state index >= 15 is 0 Å². The lowest BCUT2D eigenvalue weighted by molar-refractivity contribution is -0.135. The summed E-state index contributed by atoms with van der Waals surface area (Å²) in [6.45, 7) is 4.48. The summed E-state index contributed by atoms with van der Waals surface area (Å²) in [5.41, 5.74) is 2.88. The van der Waals surface area contributed by atoms with Gasteiger partial charge in [-0.05, 0) is 80.3 Å². The van der Waals surface area contributed by atoms with E-state index in [4.69, 9.17) is 4.74 Å². The number of pyridine rings is 1. The van der Waals surface area contributed by atoms with E-state index in [2.05, 4.69) is 39.5 Å². The highest BCUT2D eigenvalue weighted by molar-refractivity contribution is 5.82. The van der Waals surface area contributed by atoms with Crippen LogP contribution >= 0.6 is 0 Å². The average molecular weight is 501 g/mol. The number of benzene rings is 1. The van der Waals surface area contributed by atoms with E-state index in [-0.39, 0.29) is 23.8 Å². The van der Waals surface area contributed by atoms with Gasteiger partial charge in [0.2, 0.25) is 5.82 Å². The van der Waals surface area contributed by atoms with Crippen LogP contribution in [0.15, 0.2) is 53.6 Å². The molecule has 0 radical (unpaired) electrons. The van der Waals surface area contributed by atoms with E-state index in [1.807, 2.05) is 41.2 Å². The number of aromatic nitrogens is 6. The fourth-order valence-corrected chi connectivity index (χ4v) is 3.85. The Bertz CT molecular complexity index is 1330. The van der Waals surface area contributed by atoms with Gasteiger partial charge in [0.15, 0.2) is 0 Å². The quantitative estimate of drug-likeness (QED) is 0.269. The summed E-state index contributed by atoms with van der Waals surface area (Å²) in [7, 11) is 0. The summed E-state index contributed by atoms with van der Waals surface area (Å²) in [6, 6.07) is 11.3. The van der Waals surface area contributed by atoms with Crippen LogP contribution in [0.25, 0.3) is 33.8 Å². The maximum absolute atomic E-state index is 13.1. The van der Waals surface area contributed by atoms with E-state index in [1.165, 1.54) is 0 Å². The molecule has 0 aliphatic rings. The number of tetrazole rings is 1. The monoisotopic (exact) mass is 500 g/mol. The highest BCUT2D eigenvalue weighted by atomic mass is 19.4. The van der Waals surface area contributed by atoms with Crippen molar-refractivity contribution in [3.8, 4) is 39.5 Å². The molecule has 0 bridgehead atoms. The fraction of sp³-hybridized carbons (Fsp3) is 0.360. The standard InChI is InChI=1S/C25H27F3N6O2/c1-16(2)34-12-10-18(15-34)20-14-21(29-24(35)22(20)23-30-32-33-31-23)17-6-8-19(9-7-17)36-13-5-3-4-11-25(26,27)28/h6-10,12,14-16H,3-5,11,13H2,1-2H3,(H,29,35)(H,30,31,32,33). The van der Waals surface area contributed by atoms with E-state index < -0.39 is 12.6 Å². The second kappa shape index (κ2) is 10.8. The van der Waals surface area contributed by atoms with Crippen molar-refractivity contribution in [3.05, 3.63) is 59.1 Å². The molecule has 4 rings (SSSR count). The van der Waals surface area contributed by atoms with Crippen LogP contribution in [0.5, 0.6) is 5.75 Å². The third-order valence-electron chi connectivity index (χ3n) is 5.76. The first-order valence-electron chi connectivity index (χ1n) is 11.7. The number of rotatable bonds is 10. The molecule has 0 fully saturated rings. The number of nitrogens with zero attached hydrogens (tertiary/aromatic N) is 4. The fourth-order valence-electron chi connectivity index (χ4n) is 3.85. The Kier molecular flexibility index (Phi) is 7.56. The van der Waals surface area contributed by atoms with Crippen LogP contribution in [0.1, 0.15) is 45.6 Å². The largest absolute Gasteiger partial charge is 0.494 e. The number of aromatic amines is 2. The molecule has 0 aliphatic heterocycles. The number of hydrogen-bond donors (Lipinski definition) is 2. The van der Waals surface area contributed by atoms with Gasteiger partial charge >= 0.3 is 6.18 Å². The van der Waals surface area contributed by atoms with Crippen molar-refractivity contribution in [2.75, 3.05) is 6.61 Å². The highest BCUT2D eigenvalue weighted by Crippen LogP contribution is 2.32. The maximum Gasteiger partial charge on any atom is 0.389 e. The molecule has 36 heavy (non-hydrogen) atoms. The molecule has 4 aromatic rings. The number of hydrogen-bond acceptors (Lipinski definition) is 5. The predicted molar refractivity (Wildman–Crippen MR) is 129 cm³/mol. The van der Waals surface area contributed by atoms with Crippen molar-refractivity contribution in [1.29, 1.82) is 0 Å². The van der Waals surface area contributed by atoms with E-state index in [9.17, 15) is 18.0 Å². The van der Waals surface area contributed by atoms with Gasteiger partial charge < -0.3 is 14.3 Å². The third kappa shape index (κ3) is 6.21. The van der Waals surface area contributed by atoms with Gasteiger partial charge in [-0.3, -0.25) is 4.79 Å². The summed E-state index contributed by atoms with van der Waals surface area (Å²) < 4.78 is 44.3. The summed E-state index contributed by atoms with van der Waals surface area (Å²) >= 11 is 0. The van der Waals surface area contributed by atoms with E-state index in [1.54, 1.807) is 12.1 Å². The zero-order valence-corrected chi connectivity index (χ0v) is 20.0. The molecule has 0 atom stereocenters. The normalized spacial score (nSPS) is 11.8. The highest BCUT2D eigenvalue weighted by Gasteiger charge is 2.25. The minimum atomic E-state index is -4.11. The van der Waals surface area contributed by atoms with Crippen LogP contribution in [-0.2, 0) is 0 Å². The number of halogens is 3. The third-order valence-corrected chi connectivity index (χ3v) is 5.76. The number of alkyl halides is 3. The first-order valence-corrected chi connectivity index (χ1v) is 11.7. The lowest BCUT2D eigenvalue weighted by atomic mass is 10.00. The second-order valence-electron chi connectivity index (χ2n) is 8.78. The number of ether oxygens (including phenoxy) is 1. The Hall–Kier alpha value is -3.89. The average Bonchev–Trinajstić information content (AvgIpc) is 3.53. The zero-order valence-electron chi connectivity index (χ0n) is 20.0. The molecule has 11 heteroatoms. The summed E-state index contributed by atoms with van der Waals surface area (Å²) in [6.07, 6.45) is 0.140. The first-order chi connectivity index (χ1) is 17.2. The molecule has 3 aromatic heterocycles. The lowest BCUT2D eigenvalue weighted by Gasteiger charge is -2.11. The van der Waals surface area contributed by atoms with Crippen LogP contribution in [-0.4, -0.2) is 43.0 Å². The van der Waals surface area contributed by atoms with E-state index in [0.29, 0.717) is 42.0 Å². The van der Waals surface area contributed by atoms with Gasteiger partial charge in [0, 0.05) is 41.7 Å². The predicted octanol–water partition coefficient (Wildman–Crippen LogP) is 5.77. The minimum Gasteiger partial charge on any atom is -0.494 e. The lowest BCUT2D eigenvalue weighted by Crippen LogP contribution is -2.12. The van der Waals surface area contributed by atoms with Gasteiger partial charge in [0.1, 0.15) is 5.75 Å². The van der Waals surface area contributed by atoms with Gasteiger partial charge in [-0.15, -0.1) is 10.2 Å². The molecule has 0 amide bonds. The SMILES string of the molecule is CC(C)n1ccc(-c2cc(-c3ccc(OCCCCCC(F)(F)F)cc3)[nH]c(=O)c2-c2nn[nH]n2)c1. The van der Waals surface area contributed by atoms with Crippen LogP contribution in [0, 0.1) is 0 Å². The molecule has 0 unspecified atom stereocenters. The second-order valence-corrected chi connectivity index (χ2v) is 8.78. The molecule has 2 N–H and O–H groups in total. The molecular formula is C25H27F3N6O2. The Labute approximate surface area is 205 Å². The van der Waals surface area contributed by atoms with Crippen LogP contribution in [0.2, 0.25) is 0 Å². The van der Waals surface area contributed by atoms with Crippen molar-refractivity contribution < 1.29 is 17.9 Å². The smallest absolute Gasteiger partial charge is 0.389 e. The topological polar surface area (TPSA) is 101 Å². The zero-order chi connectivity index (χ0) is 25.7. The molecule has 0 saturated carbocycles. The van der Waals surface area contributed by atoms with Crippen molar-refractivity contribution in [2.45, 2.75) is 51.7 Å². The van der Waals surface area contributed by atoms with Gasteiger partial charge in [-0.1, -0.05) is 0 Å². The molecule has 8 nitrogen and oxygen atoms in total. The van der Waals surface area contributed by atoms with Gasteiger partial charge in [0.25, 0.3) is 5.56 Å². The van der Waals surface area contributed by atoms with Crippen LogP contribution in [0.3, 0.4) is 0 Å². The van der Waals surface area contributed by atoms with Gasteiger partial charge in [-0.2, -0.15) is 18.4 Å². The van der Waals surface area contributed by atoms with Crippen molar-refractivity contribution in [1.82, 2.24) is 30.2 Å². The van der Waals surface area contributed by atoms with Crippen molar-refractivity contribution in [2.24, 2.45) is 0 Å². The molecule has 190 valence electrons. The summed E-state index contributed by atoms with van der Waals surface area (Å²) in [5.74, 6) is 0.809. The van der Waals surface area contributed by atoms with Crippen LogP contribution < -0.4 is 10.3 Å². The number of H-pyrrole nitrogens is 2. The molecule has 0 aliphatic carbocycles. The van der Waals surface area contributed by atoms with E-state index in [0.717, 1.165) is 11.1 Å². The Morgan fingerprint density at radius 3 is 2.47 bits per heavy atom. The van der Waals surface area contributed by atoms with Crippen molar-refractivity contribution in [3.63, 3.8) is 0 Å². The van der Waals surface area contributed by atoms with Gasteiger partial charge in [0.05, 0.1) is 12.2 Å². The first kappa shape index (κ1) is 25.2. The molecule has 0 saturated heterocycles. The Balaban J connectivity index is 1.53. The molecule has 1 aromatic carbocycles. The van der Waals surface area contributed by atoms with Crippen molar-refractivity contribution >= 4 is 0 Å². The molecule has 0 spiro atoms. The summed E-state index contributed by atoms with van der Waals surface area (Å²) in [4.78, 5) is 16.0. The minimum absolute atomic E-state index is 0.0991. The van der Waals surface area contributed by atoms with Crippen LogP contribution in [0.4, 0.5) is 13.2 Å².